The first kappa shape index (κ1) is 27.5. The molecule has 2 aromatic carbocycles. The van der Waals surface area contributed by atoms with Crippen molar-refractivity contribution >= 4 is 22.8 Å². The van der Waals surface area contributed by atoms with E-state index in [1.807, 2.05) is 0 Å². The molecule has 2 aliphatic carbocycles. The van der Waals surface area contributed by atoms with Crippen LogP contribution < -0.4 is 10.6 Å². The number of amides is 2. The molecule has 0 bridgehead atoms. The summed E-state index contributed by atoms with van der Waals surface area (Å²) >= 11 is 0. The van der Waals surface area contributed by atoms with Crippen molar-refractivity contribution in [3.8, 4) is 0 Å². The molecule has 0 spiro atoms. The number of aromatic nitrogens is 2. The molecule has 1 fully saturated rings. The normalized spacial score (nSPS) is 21.1. The number of aromatic amines is 1. The lowest BCUT2D eigenvalue weighted by atomic mass is 9.86. The molecule has 210 valence electrons. The first-order chi connectivity index (χ1) is 19.1. The van der Waals surface area contributed by atoms with E-state index in [1.165, 1.54) is 12.5 Å². The van der Waals surface area contributed by atoms with Gasteiger partial charge < -0.3 is 15.6 Å². The molecule has 3 aromatic rings. The highest BCUT2D eigenvalue weighted by Gasteiger charge is 2.30. The number of H-pyrrole nitrogens is 1. The van der Waals surface area contributed by atoms with Crippen LogP contribution in [0, 0.1) is 35.0 Å². The highest BCUT2D eigenvalue weighted by molar-refractivity contribution is 5.97. The number of carbonyl (C=O) groups excluding carboxylic acids is 2. The zero-order chi connectivity index (χ0) is 28.6. The molecule has 3 atom stereocenters. The third-order valence-corrected chi connectivity index (χ3v) is 7.59. The van der Waals surface area contributed by atoms with Gasteiger partial charge in [-0.15, -0.1) is 0 Å². The van der Waals surface area contributed by atoms with Gasteiger partial charge in [0.05, 0.1) is 11.0 Å². The molecule has 2 amide bonds. The highest BCUT2D eigenvalue weighted by atomic mass is 19.2. The van der Waals surface area contributed by atoms with Gasteiger partial charge in [-0.2, -0.15) is 0 Å². The predicted molar refractivity (Wildman–Crippen MR) is 138 cm³/mol. The Morgan fingerprint density at radius 1 is 0.925 bits per heavy atom. The molecular formula is C29H27F5N4O2. The summed E-state index contributed by atoms with van der Waals surface area (Å²) in [7, 11) is 0. The second kappa shape index (κ2) is 11.2. The Morgan fingerprint density at radius 2 is 1.62 bits per heavy atom. The third kappa shape index (κ3) is 5.37. The second-order valence-corrected chi connectivity index (χ2v) is 10.3. The molecule has 0 radical (unpaired) electrons. The zero-order valence-electron chi connectivity index (χ0n) is 21.6. The summed E-state index contributed by atoms with van der Waals surface area (Å²) < 4.78 is 68.4. The van der Waals surface area contributed by atoms with E-state index >= 15 is 0 Å². The monoisotopic (exact) mass is 558 g/mol. The number of nitrogens with zero attached hydrogens (tertiary/aromatic N) is 1. The lowest BCUT2D eigenvalue weighted by molar-refractivity contribution is 0.0909. The van der Waals surface area contributed by atoms with Crippen molar-refractivity contribution in [2.24, 2.45) is 5.92 Å². The maximum atomic E-state index is 14.0. The number of allylic oxidation sites excluding steroid dienone is 3. The van der Waals surface area contributed by atoms with Gasteiger partial charge in [0.1, 0.15) is 11.4 Å². The van der Waals surface area contributed by atoms with Gasteiger partial charge in [-0.3, -0.25) is 9.59 Å². The number of carbonyl (C=O) groups is 2. The van der Waals surface area contributed by atoms with Crippen molar-refractivity contribution < 1.29 is 31.5 Å². The van der Waals surface area contributed by atoms with E-state index < -0.39 is 40.6 Å². The largest absolute Gasteiger partial charge is 0.349 e. The van der Waals surface area contributed by atoms with E-state index in [-0.39, 0.29) is 23.6 Å². The van der Waals surface area contributed by atoms with E-state index in [0.29, 0.717) is 41.2 Å². The number of halogens is 5. The lowest BCUT2D eigenvalue weighted by Crippen LogP contribution is -2.41. The first-order valence-electron chi connectivity index (χ1n) is 13.2. The molecule has 1 aromatic heterocycles. The SMILES string of the molecule is CC1CCCCC1NC(=O)c1ccc2nc(C3C=CC(NC(=O)c4c(F)c(F)c(F)c(F)c4F)=CCC3)[nH]c2c1. The van der Waals surface area contributed by atoms with E-state index in [2.05, 4.69) is 27.5 Å². The maximum Gasteiger partial charge on any atom is 0.261 e. The number of hydrogen-bond donors (Lipinski definition) is 3. The summed E-state index contributed by atoms with van der Waals surface area (Å²) in [5.41, 5.74) is 0.467. The maximum absolute atomic E-state index is 14.0. The number of benzene rings is 2. The molecule has 3 N–H and O–H groups in total. The minimum absolute atomic E-state index is 0.135. The number of fused-ring (bicyclic) bond motifs is 1. The number of nitrogens with one attached hydrogen (secondary N) is 3. The average Bonchev–Trinajstić information content (AvgIpc) is 3.23. The van der Waals surface area contributed by atoms with E-state index in [4.69, 9.17) is 0 Å². The quantitative estimate of drug-likeness (QED) is 0.195. The second-order valence-electron chi connectivity index (χ2n) is 10.3. The van der Waals surface area contributed by atoms with Gasteiger partial charge in [-0.05, 0) is 55.9 Å². The topological polar surface area (TPSA) is 86.9 Å². The van der Waals surface area contributed by atoms with Crippen LogP contribution in [0.1, 0.15) is 77.9 Å². The van der Waals surface area contributed by atoms with Gasteiger partial charge in [0.15, 0.2) is 23.3 Å². The van der Waals surface area contributed by atoms with Crippen molar-refractivity contribution in [3.63, 3.8) is 0 Å². The van der Waals surface area contributed by atoms with E-state index in [0.717, 1.165) is 19.3 Å². The molecule has 0 saturated heterocycles. The molecule has 3 unspecified atom stereocenters. The summed E-state index contributed by atoms with van der Waals surface area (Å²) in [5.74, 6) is -11.9. The number of rotatable bonds is 5. The Hall–Kier alpha value is -4.02. The summed E-state index contributed by atoms with van der Waals surface area (Å²) in [4.78, 5) is 33.2. The van der Waals surface area contributed by atoms with Crippen LogP contribution in [-0.2, 0) is 0 Å². The fraction of sp³-hybridized carbons (Fsp3) is 0.345. The van der Waals surface area contributed by atoms with Gasteiger partial charge >= 0.3 is 0 Å². The lowest BCUT2D eigenvalue weighted by Gasteiger charge is -2.29. The van der Waals surface area contributed by atoms with Crippen LogP contribution in [0.4, 0.5) is 22.0 Å². The zero-order valence-corrected chi connectivity index (χ0v) is 21.6. The first-order valence-corrected chi connectivity index (χ1v) is 13.2. The fourth-order valence-electron chi connectivity index (χ4n) is 5.25. The van der Waals surface area contributed by atoms with Crippen LogP contribution >= 0.6 is 0 Å². The van der Waals surface area contributed by atoms with Crippen molar-refractivity contribution in [3.05, 3.63) is 88.2 Å². The molecule has 5 rings (SSSR count). The summed E-state index contributed by atoms with van der Waals surface area (Å²) in [5, 5.41) is 5.35. The molecule has 2 aliphatic rings. The van der Waals surface area contributed by atoms with Crippen LogP contribution in [0.15, 0.2) is 42.1 Å². The molecule has 11 heteroatoms. The van der Waals surface area contributed by atoms with E-state index in [9.17, 15) is 31.5 Å². The summed E-state index contributed by atoms with van der Waals surface area (Å²) in [6.45, 7) is 2.15. The summed E-state index contributed by atoms with van der Waals surface area (Å²) in [6.07, 6.45) is 10.1. The summed E-state index contributed by atoms with van der Waals surface area (Å²) in [6, 6.07) is 5.40. The highest BCUT2D eigenvalue weighted by Crippen LogP contribution is 2.28. The molecule has 0 aliphatic heterocycles. The molecule has 6 nitrogen and oxygen atoms in total. The molecule has 40 heavy (non-hydrogen) atoms. The van der Waals surface area contributed by atoms with Crippen LogP contribution in [0.5, 0.6) is 0 Å². The Bertz CT molecular complexity index is 1520. The van der Waals surface area contributed by atoms with Crippen LogP contribution in [0.25, 0.3) is 11.0 Å². The minimum Gasteiger partial charge on any atom is -0.349 e. The Balaban J connectivity index is 1.29. The Morgan fingerprint density at radius 3 is 2.35 bits per heavy atom. The average molecular weight is 559 g/mol. The smallest absolute Gasteiger partial charge is 0.261 e. The van der Waals surface area contributed by atoms with Crippen LogP contribution in [0.3, 0.4) is 0 Å². The van der Waals surface area contributed by atoms with E-state index in [1.54, 1.807) is 30.4 Å². The third-order valence-electron chi connectivity index (χ3n) is 7.59. The van der Waals surface area contributed by atoms with Gasteiger partial charge in [0, 0.05) is 23.2 Å². The molecular weight excluding hydrogens is 531 g/mol. The van der Waals surface area contributed by atoms with Crippen molar-refractivity contribution in [1.82, 2.24) is 20.6 Å². The number of imidazole rings is 1. The molecule has 1 heterocycles. The molecule has 1 saturated carbocycles. The van der Waals surface area contributed by atoms with Gasteiger partial charge in [0.2, 0.25) is 5.82 Å². The standard InChI is InChI=1S/C29H27F5N4O2/c1-14-5-2-3-8-18(14)38-28(39)16-10-12-19-20(13-16)37-27(36-19)15-6-4-7-17(11-9-15)35-29(40)21-22(30)24(32)26(34)25(33)23(21)31/h7,9-15,18H,2-6,8H2,1H3,(H,35,40)(H,36,37)(H,38,39). The van der Waals surface area contributed by atoms with Crippen LogP contribution in [-0.4, -0.2) is 27.8 Å². The van der Waals surface area contributed by atoms with Gasteiger partial charge in [0.25, 0.3) is 11.8 Å². The number of hydrogen-bond acceptors (Lipinski definition) is 3. The van der Waals surface area contributed by atoms with Gasteiger partial charge in [-0.1, -0.05) is 31.9 Å². The van der Waals surface area contributed by atoms with Crippen LogP contribution in [0.2, 0.25) is 0 Å². The fourth-order valence-corrected chi connectivity index (χ4v) is 5.25. The van der Waals surface area contributed by atoms with Crippen molar-refractivity contribution in [2.45, 2.75) is 57.4 Å². The van der Waals surface area contributed by atoms with Crippen molar-refractivity contribution in [1.29, 1.82) is 0 Å². The minimum atomic E-state index is -2.33. The Labute approximate surface area is 226 Å². The predicted octanol–water partition coefficient (Wildman–Crippen LogP) is 6.31. The van der Waals surface area contributed by atoms with Gasteiger partial charge in [-0.25, -0.2) is 26.9 Å². The van der Waals surface area contributed by atoms with Crippen molar-refractivity contribution in [2.75, 3.05) is 0 Å². The Kier molecular flexibility index (Phi) is 7.73.